The number of likely N-dealkylation sites (N-methyl/N-ethyl adjacent to an activating group) is 1. The molecule has 0 saturated carbocycles. The minimum absolute atomic E-state index is 0.0429. The number of amides is 2. The number of carbonyl (C=O) groups is 2. The summed E-state index contributed by atoms with van der Waals surface area (Å²) < 4.78 is 0. The zero-order valence-corrected chi connectivity index (χ0v) is 12.4. The molecule has 0 bridgehead atoms. The highest BCUT2D eigenvalue weighted by Gasteiger charge is 2.43. The molecule has 0 spiro atoms. The van der Waals surface area contributed by atoms with Crippen LogP contribution in [0.3, 0.4) is 0 Å². The average molecular weight is 275 g/mol. The second-order valence-corrected chi connectivity index (χ2v) is 5.76. The van der Waals surface area contributed by atoms with E-state index in [1.807, 2.05) is 6.92 Å². The van der Waals surface area contributed by atoms with Crippen LogP contribution in [0.1, 0.15) is 29.8 Å². The summed E-state index contributed by atoms with van der Waals surface area (Å²) in [6.45, 7) is 6.47. The van der Waals surface area contributed by atoms with E-state index in [-0.39, 0.29) is 11.8 Å². The Morgan fingerprint density at radius 3 is 2.60 bits per heavy atom. The Labute approximate surface area is 119 Å². The third-order valence-electron chi connectivity index (χ3n) is 4.06. The Hall–Kier alpha value is -2.04. The molecule has 1 aromatic carbocycles. The molecule has 0 unspecified atom stereocenters. The second-order valence-electron chi connectivity index (χ2n) is 5.76. The van der Waals surface area contributed by atoms with E-state index >= 15 is 0 Å². The Morgan fingerprint density at radius 1 is 1.30 bits per heavy atom. The predicted molar refractivity (Wildman–Crippen MR) is 78.3 cm³/mol. The topological polar surface area (TPSA) is 66.6 Å². The van der Waals surface area contributed by atoms with Crippen LogP contribution in [0.5, 0.6) is 0 Å². The zero-order valence-electron chi connectivity index (χ0n) is 12.4. The SMILES string of the molecule is Cc1c(N)cccc1C(=O)N1CCN(C)C(=O)C1(C)C. The van der Waals surface area contributed by atoms with Gasteiger partial charge in [-0.2, -0.15) is 0 Å². The molecule has 0 radical (unpaired) electrons. The molecule has 2 rings (SSSR count). The molecule has 1 aliphatic heterocycles. The molecule has 1 aromatic rings. The van der Waals surface area contributed by atoms with Crippen LogP contribution in [0.25, 0.3) is 0 Å². The third-order valence-corrected chi connectivity index (χ3v) is 4.06. The summed E-state index contributed by atoms with van der Waals surface area (Å²) in [5.74, 6) is -0.181. The smallest absolute Gasteiger partial charge is 0.255 e. The fourth-order valence-electron chi connectivity index (χ4n) is 2.60. The van der Waals surface area contributed by atoms with Gasteiger partial charge in [-0.05, 0) is 38.5 Å². The van der Waals surface area contributed by atoms with Crippen molar-refractivity contribution in [1.29, 1.82) is 0 Å². The maximum absolute atomic E-state index is 12.7. The molecular weight excluding hydrogens is 254 g/mol. The number of benzene rings is 1. The molecule has 0 aromatic heterocycles. The van der Waals surface area contributed by atoms with Gasteiger partial charge in [-0.25, -0.2) is 0 Å². The number of nitrogen functional groups attached to an aromatic ring is 1. The number of nitrogens with zero attached hydrogens (tertiary/aromatic N) is 2. The van der Waals surface area contributed by atoms with Crippen LogP contribution in [-0.4, -0.2) is 47.3 Å². The molecular formula is C15H21N3O2. The first-order valence-electron chi connectivity index (χ1n) is 6.69. The first kappa shape index (κ1) is 14.4. The maximum Gasteiger partial charge on any atom is 0.255 e. The van der Waals surface area contributed by atoms with Crippen LogP contribution in [-0.2, 0) is 4.79 Å². The third kappa shape index (κ3) is 2.13. The van der Waals surface area contributed by atoms with Crippen molar-refractivity contribution in [3.63, 3.8) is 0 Å². The lowest BCUT2D eigenvalue weighted by Gasteiger charge is -2.44. The summed E-state index contributed by atoms with van der Waals surface area (Å²) in [5, 5.41) is 0. The summed E-state index contributed by atoms with van der Waals surface area (Å²) in [6.07, 6.45) is 0. The van der Waals surface area contributed by atoms with E-state index in [1.54, 1.807) is 48.9 Å². The Bertz CT molecular complexity index is 566. The van der Waals surface area contributed by atoms with E-state index in [0.29, 0.717) is 24.3 Å². The fourth-order valence-corrected chi connectivity index (χ4v) is 2.60. The van der Waals surface area contributed by atoms with Gasteiger partial charge in [-0.15, -0.1) is 0 Å². The molecule has 0 atom stereocenters. The van der Waals surface area contributed by atoms with Crippen molar-refractivity contribution in [3.05, 3.63) is 29.3 Å². The van der Waals surface area contributed by atoms with Crippen LogP contribution in [0, 0.1) is 6.92 Å². The van der Waals surface area contributed by atoms with E-state index < -0.39 is 5.54 Å². The Kier molecular flexibility index (Phi) is 3.46. The predicted octanol–water partition coefficient (Wildman–Crippen LogP) is 1.27. The number of piperazine rings is 1. The van der Waals surface area contributed by atoms with E-state index in [9.17, 15) is 9.59 Å². The standard InChI is InChI=1S/C15H21N3O2/c1-10-11(6-5-7-12(10)16)13(19)18-9-8-17(4)14(20)15(18,2)3/h5-7H,8-9,16H2,1-4H3. The summed E-state index contributed by atoms with van der Waals surface area (Å²) in [6, 6.07) is 5.29. The normalized spacial score (nSPS) is 18.3. The molecule has 1 fully saturated rings. The van der Waals surface area contributed by atoms with Gasteiger partial charge in [0, 0.05) is 31.4 Å². The van der Waals surface area contributed by atoms with Gasteiger partial charge >= 0.3 is 0 Å². The van der Waals surface area contributed by atoms with Crippen LogP contribution in [0.2, 0.25) is 0 Å². The van der Waals surface area contributed by atoms with Gasteiger partial charge in [0.15, 0.2) is 0 Å². The summed E-state index contributed by atoms with van der Waals surface area (Å²) in [7, 11) is 1.76. The second kappa shape index (κ2) is 4.81. The highest BCUT2D eigenvalue weighted by atomic mass is 16.2. The first-order chi connectivity index (χ1) is 9.26. The molecule has 1 saturated heterocycles. The van der Waals surface area contributed by atoms with Crippen molar-refractivity contribution >= 4 is 17.5 Å². The summed E-state index contributed by atoms with van der Waals surface area (Å²) in [4.78, 5) is 28.3. The summed E-state index contributed by atoms with van der Waals surface area (Å²) >= 11 is 0. The lowest BCUT2D eigenvalue weighted by Crippen LogP contribution is -2.63. The molecule has 1 heterocycles. The van der Waals surface area contributed by atoms with Crippen LogP contribution < -0.4 is 5.73 Å². The van der Waals surface area contributed by atoms with Gasteiger partial charge in [-0.1, -0.05) is 6.07 Å². The van der Waals surface area contributed by atoms with Crippen LogP contribution in [0.15, 0.2) is 18.2 Å². The van der Waals surface area contributed by atoms with Gasteiger partial charge in [0.05, 0.1) is 0 Å². The number of hydrogen-bond donors (Lipinski definition) is 1. The quantitative estimate of drug-likeness (QED) is 0.785. The largest absolute Gasteiger partial charge is 0.398 e. The molecule has 2 amide bonds. The molecule has 108 valence electrons. The van der Waals surface area contributed by atoms with Gasteiger partial charge in [-0.3, -0.25) is 9.59 Å². The molecule has 5 heteroatoms. The molecule has 5 nitrogen and oxygen atoms in total. The summed E-state index contributed by atoms with van der Waals surface area (Å²) in [5.41, 5.74) is 6.95. The maximum atomic E-state index is 12.7. The van der Waals surface area contributed by atoms with Crippen LogP contribution >= 0.6 is 0 Å². The van der Waals surface area contributed by atoms with Crippen molar-refractivity contribution < 1.29 is 9.59 Å². The first-order valence-corrected chi connectivity index (χ1v) is 6.69. The highest BCUT2D eigenvalue weighted by Crippen LogP contribution is 2.26. The molecule has 2 N–H and O–H groups in total. The van der Waals surface area contributed by atoms with Gasteiger partial charge in [0.1, 0.15) is 5.54 Å². The fraction of sp³-hybridized carbons (Fsp3) is 0.467. The van der Waals surface area contributed by atoms with Crippen molar-refractivity contribution in [2.45, 2.75) is 26.3 Å². The number of rotatable bonds is 1. The Balaban J connectivity index is 2.38. The van der Waals surface area contributed by atoms with Crippen LogP contribution in [0.4, 0.5) is 5.69 Å². The van der Waals surface area contributed by atoms with E-state index in [2.05, 4.69) is 0 Å². The Morgan fingerprint density at radius 2 is 1.95 bits per heavy atom. The molecule has 0 aliphatic carbocycles. The number of carbonyl (C=O) groups excluding carboxylic acids is 2. The number of anilines is 1. The molecule has 1 aliphatic rings. The van der Waals surface area contributed by atoms with E-state index in [1.165, 1.54) is 0 Å². The van der Waals surface area contributed by atoms with Crippen molar-refractivity contribution in [3.8, 4) is 0 Å². The van der Waals surface area contributed by atoms with Crippen molar-refractivity contribution in [1.82, 2.24) is 9.80 Å². The van der Waals surface area contributed by atoms with Crippen molar-refractivity contribution in [2.75, 3.05) is 25.9 Å². The lowest BCUT2D eigenvalue weighted by atomic mass is 9.95. The monoisotopic (exact) mass is 275 g/mol. The average Bonchev–Trinajstić information content (AvgIpc) is 2.39. The van der Waals surface area contributed by atoms with Crippen molar-refractivity contribution in [2.24, 2.45) is 0 Å². The highest BCUT2D eigenvalue weighted by molar-refractivity contribution is 6.01. The van der Waals surface area contributed by atoms with E-state index in [0.717, 1.165) is 5.56 Å². The van der Waals surface area contributed by atoms with E-state index in [4.69, 9.17) is 5.73 Å². The van der Waals surface area contributed by atoms with Gasteiger partial charge < -0.3 is 15.5 Å². The molecule has 20 heavy (non-hydrogen) atoms. The minimum atomic E-state index is -0.832. The zero-order chi connectivity index (χ0) is 15.1. The van der Waals surface area contributed by atoms with Gasteiger partial charge in [0.2, 0.25) is 5.91 Å². The number of hydrogen-bond acceptors (Lipinski definition) is 3. The minimum Gasteiger partial charge on any atom is -0.398 e. The van der Waals surface area contributed by atoms with Gasteiger partial charge in [0.25, 0.3) is 5.91 Å². The lowest BCUT2D eigenvalue weighted by molar-refractivity contribution is -0.144. The number of nitrogens with two attached hydrogens (primary N) is 1.